The lowest BCUT2D eigenvalue weighted by molar-refractivity contribution is 0.402. The van der Waals surface area contributed by atoms with Crippen LogP contribution in [0, 0.1) is 13.8 Å². The lowest BCUT2D eigenvalue weighted by Crippen LogP contribution is -2.19. The van der Waals surface area contributed by atoms with Gasteiger partial charge in [-0.1, -0.05) is 30.3 Å². The van der Waals surface area contributed by atoms with E-state index >= 15 is 0 Å². The fourth-order valence-electron chi connectivity index (χ4n) is 2.89. The van der Waals surface area contributed by atoms with Crippen molar-refractivity contribution in [3.05, 3.63) is 75.7 Å². The number of aromatic nitrogens is 2. The first-order chi connectivity index (χ1) is 13.0. The average Bonchev–Trinajstić information content (AvgIpc) is 2.68. The van der Waals surface area contributed by atoms with Crippen LogP contribution in [0.2, 0.25) is 0 Å². The van der Waals surface area contributed by atoms with E-state index in [9.17, 15) is 4.79 Å². The predicted octanol–water partition coefficient (Wildman–Crippen LogP) is 3.67. The molecule has 2 aromatic carbocycles. The fraction of sp³-hybridized carbons (Fsp3) is 0.238. The molecule has 6 nitrogen and oxygen atoms in total. The molecule has 0 aliphatic rings. The first kappa shape index (κ1) is 18.5. The summed E-state index contributed by atoms with van der Waals surface area (Å²) in [5, 5.41) is 3.29. The highest BCUT2D eigenvalue weighted by Gasteiger charge is 2.13. The Morgan fingerprint density at radius 1 is 0.963 bits per heavy atom. The summed E-state index contributed by atoms with van der Waals surface area (Å²) in [6.07, 6.45) is 1.68. The molecule has 0 unspecified atom stereocenters. The molecule has 0 aliphatic heterocycles. The smallest absolute Gasteiger partial charge is 0.316 e. The standard InChI is InChI=1S/C21H23N3O3/c1-14-15(2)18(26-3)11-10-17(14)22-21-23-20(25)19(27-4)13-24(21)12-16-8-6-5-7-9-16/h5-11,13H,12H2,1-4H3,(H,22,23,25). The molecule has 0 saturated heterocycles. The molecule has 3 rings (SSSR count). The van der Waals surface area contributed by atoms with Gasteiger partial charge in [0.05, 0.1) is 27.0 Å². The number of ether oxygens (including phenoxy) is 2. The van der Waals surface area contributed by atoms with Crippen molar-refractivity contribution in [2.24, 2.45) is 0 Å². The van der Waals surface area contributed by atoms with Gasteiger partial charge in [-0.25, -0.2) is 0 Å². The van der Waals surface area contributed by atoms with E-state index in [0.717, 1.165) is 28.1 Å². The van der Waals surface area contributed by atoms with Crippen molar-refractivity contribution < 1.29 is 9.47 Å². The van der Waals surface area contributed by atoms with Gasteiger partial charge in [-0.15, -0.1) is 0 Å². The Balaban J connectivity index is 2.03. The molecule has 1 heterocycles. The Bertz CT molecular complexity index is 998. The second-order valence-corrected chi connectivity index (χ2v) is 6.24. The number of anilines is 2. The van der Waals surface area contributed by atoms with Crippen molar-refractivity contribution in [1.29, 1.82) is 0 Å². The van der Waals surface area contributed by atoms with Crippen LogP contribution in [0.1, 0.15) is 16.7 Å². The van der Waals surface area contributed by atoms with Crippen molar-refractivity contribution in [2.75, 3.05) is 19.5 Å². The van der Waals surface area contributed by atoms with E-state index in [1.54, 1.807) is 13.3 Å². The van der Waals surface area contributed by atoms with Crippen LogP contribution >= 0.6 is 0 Å². The van der Waals surface area contributed by atoms with Gasteiger partial charge in [-0.05, 0) is 42.7 Å². The van der Waals surface area contributed by atoms with E-state index in [1.807, 2.05) is 60.9 Å². The van der Waals surface area contributed by atoms with Gasteiger partial charge in [0.25, 0.3) is 0 Å². The quantitative estimate of drug-likeness (QED) is 0.722. The number of rotatable bonds is 6. The number of benzene rings is 2. The summed E-state index contributed by atoms with van der Waals surface area (Å²) in [6, 6.07) is 13.8. The first-order valence-electron chi connectivity index (χ1n) is 8.64. The van der Waals surface area contributed by atoms with Crippen LogP contribution in [0.25, 0.3) is 0 Å². The summed E-state index contributed by atoms with van der Waals surface area (Å²) in [4.78, 5) is 16.4. The Kier molecular flexibility index (Phi) is 5.45. The molecule has 6 heteroatoms. The van der Waals surface area contributed by atoms with E-state index in [4.69, 9.17) is 9.47 Å². The van der Waals surface area contributed by atoms with Gasteiger partial charge in [-0.3, -0.25) is 4.79 Å². The minimum absolute atomic E-state index is 0.208. The van der Waals surface area contributed by atoms with Crippen LogP contribution in [0.5, 0.6) is 11.5 Å². The summed E-state index contributed by atoms with van der Waals surface area (Å²) in [6.45, 7) is 4.56. The zero-order valence-electron chi connectivity index (χ0n) is 15.9. The van der Waals surface area contributed by atoms with Gasteiger partial charge in [0, 0.05) is 5.69 Å². The molecule has 3 aromatic rings. The second-order valence-electron chi connectivity index (χ2n) is 6.24. The van der Waals surface area contributed by atoms with Gasteiger partial charge in [0.15, 0.2) is 0 Å². The molecular weight excluding hydrogens is 342 g/mol. The van der Waals surface area contributed by atoms with Gasteiger partial charge in [0.1, 0.15) is 5.75 Å². The third-order valence-electron chi connectivity index (χ3n) is 4.58. The monoisotopic (exact) mass is 365 g/mol. The molecule has 0 spiro atoms. The third kappa shape index (κ3) is 3.95. The average molecular weight is 365 g/mol. The third-order valence-corrected chi connectivity index (χ3v) is 4.58. The van der Waals surface area contributed by atoms with Crippen LogP contribution < -0.4 is 20.3 Å². The second kappa shape index (κ2) is 7.95. The Hall–Kier alpha value is -3.28. The lowest BCUT2D eigenvalue weighted by atomic mass is 10.1. The predicted molar refractivity (Wildman–Crippen MR) is 106 cm³/mol. The highest BCUT2D eigenvalue weighted by atomic mass is 16.5. The van der Waals surface area contributed by atoms with Crippen LogP contribution in [0.4, 0.5) is 11.6 Å². The SMILES string of the molecule is COc1ccc(Nc2nc(=O)c(OC)cn2Cc2ccccc2)c(C)c1C. The van der Waals surface area contributed by atoms with Crippen molar-refractivity contribution in [2.45, 2.75) is 20.4 Å². The van der Waals surface area contributed by atoms with Crippen LogP contribution in [0.3, 0.4) is 0 Å². The van der Waals surface area contributed by atoms with E-state index < -0.39 is 5.56 Å². The van der Waals surface area contributed by atoms with Crippen LogP contribution in [-0.4, -0.2) is 23.8 Å². The number of methoxy groups -OCH3 is 2. The molecule has 1 N–H and O–H groups in total. The van der Waals surface area contributed by atoms with Crippen LogP contribution in [-0.2, 0) is 6.54 Å². The molecule has 27 heavy (non-hydrogen) atoms. The maximum atomic E-state index is 12.2. The summed E-state index contributed by atoms with van der Waals surface area (Å²) in [7, 11) is 3.12. The highest BCUT2D eigenvalue weighted by Crippen LogP contribution is 2.29. The number of nitrogens with one attached hydrogen (secondary N) is 1. The lowest BCUT2D eigenvalue weighted by Gasteiger charge is -2.18. The highest BCUT2D eigenvalue weighted by molar-refractivity contribution is 5.63. The molecule has 0 saturated carbocycles. The maximum Gasteiger partial charge on any atom is 0.316 e. The molecule has 1 aromatic heterocycles. The molecule has 0 radical (unpaired) electrons. The number of hydrogen-bond donors (Lipinski definition) is 1. The van der Waals surface area contributed by atoms with E-state index in [2.05, 4.69) is 10.3 Å². The topological polar surface area (TPSA) is 65.4 Å². The van der Waals surface area contributed by atoms with E-state index in [-0.39, 0.29) is 5.75 Å². The fourth-order valence-corrected chi connectivity index (χ4v) is 2.89. The van der Waals surface area contributed by atoms with Gasteiger partial charge in [-0.2, -0.15) is 4.98 Å². The summed E-state index contributed by atoms with van der Waals surface area (Å²) < 4.78 is 12.4. The van der Waals surface area contributed by atoms with Crippen molar-refractivity contribution >= 4 is 11.6 Å². The normalized spacial score (nSPS) is 10.5. The maximum absolute atomic E-state index is 12.2. The largest absolute Gasteiger partial charge is 0.496 e. The van der Waals surface area contributed by atoms with Gasteiger partial charge < -0.3 is 19.4 Å². The molecular formula is C21H23N3O3. The molecule has 0 bridgehead atoms. The molecule has 0 amide bonds. The van der Waals surface area contributed by atoms with E-state index in [0.29, 0.717) is 12.5 Å². The minimum Gasteiger partial charge on any atom is -0.496 e. The summed E-state index contributed by atoms with van der Waals surface area (Å²) in [5.41, 5.74) is 3.62. The summed E-state index contributed by atoms with van der Waals surface area (Å²) in [5.74, 6) is 1.49. The zero-order valence-corrected chi connectivity index (χ0v) is 15.9. The zero-order chi connectivity index (χ0) is 19.4. The van der Waals surface area contributed by atoms with Crippen LogP contribution in [0.15, 0.2) is 53.5 Å². The first-order valence-corrected chi connectivity index (χ1v) is 8.64. The molecule has 0 atom stereocenters. The van der Waals surface area contributed by atoms with Gasteiger partial charge >= 0.3 is 5.56 Å². The Labute approximate surface area is 158 Å². The number of nitrogens with zero attached hydrogens (tertiary/aromatic N) is 2. The molecule has 140 valence electrons. The van der Waals surface area contributed by atoms with Crippen molar-refractivity contribution in [1.82, 2.24) is 9.55 Å². The van der Waals surface area contributed by atoms with E-state index in [1.165, 1.54) is 7.11 Å². The molecule has 0 aliphatic carbocycles. The van der Waals surface area contributed by atoms with Crippen molar-refractivity contribution in [3.8, 4) is 11.5 Å². The Morgan fingerprint density at radius 3 is 2.33 bits per heavy atom. The van der Waals surface area contributed by atoms with Crippen molar-refractivity contribution in [3.63, 3.8) is 0 Å². The number of hydrogen-bond acceptors (Lipinski definition) is 5. The van der Waals surface area contributed by atoms with Gasteiger partial charge in [0.2, 0.25) is 11.7 Å². The Morgan fingerprint density at radius 2 is 1.67 bits per heavy atom. The summed E-state index contributed by atoms with van der Waals surface area (Å²) >= 11 is 0. The minimum atomic E-state index is -0.410. The molecule has 0 fully saturated rings.